The molecular weight excluding hydrogens is 284 g/mol. The minimum Gasteiger partial charge on any atom is -0.423 e. The summed E-state index contributed by atoms with van der Waals surface area (Å²) in [4.78, 5) is 12.1. The fourth-order valence-corrected chi connectivity index (χ4v) is 2.15. The summed E-state index contributed by atoms with van der Waals surface area (Å²) in [6.07, 6.45) is 3.48. The number of nitrogens with one attached hydrogen (secondary N) is 1. The first kappa shape index (κ1) is 12.8. The molecule has 2 aromatic heterocycles. The van der Waals surface area contributed by atoms with Crippen LogP contribution in [-0.4, -0.2) is 21.3 Å². The number of rotatable bonds is 4. The van der Waals surface area contributed by atoms with Gasteiger partial charge in [0.25, 0.3) is 5.91 Å². The number of anilines is 1. The van der Waals surface area contributed by atoms with Crippen molar-refractivity contribution in [2.75, 3.05) is 5.32 Å². The summed E-state index contributed by atoms with van der Waals surface area (Å²) < 4.78 is 10.3. The minimum absolute atomic E-state index is 0.291. The molecule has 0 saturated heterocycles. The third-order valence-electron chi connectivity index (χ3n) is 3.49. The Morgan fingerprint density at radius 2 is 2.05 bits per heavy atom. The molecule has 1 saturated carbocycles. The van der Waals surface area contributed by atoms with Crippen LogP contribution >= 0.6 is 0 Å². The van der Waals surface area contributed by atoms with Crippen LogP contribution in [-0.2, 0) is 0 Å². The van der Waals surface area contributed by atoms with Crippen LogP contribution in [0.25, 0.3) is 11.5 Å². The van der Waals surface area contributed by atoms with Crippen molar-refractivity contribution in [3.63, 3.8) is 0 Å². The van der Waals surface area contributed by atoms with Crippen LogP contribution in [0.1, 0.15) is 35.0 Å². The maximum atomic E-state index is 12.1. The molecule has 22 heavy (non-hydrogen) atoms. The zero-order chi connectivity index (χ0) is 14.9. The average molecular weight is 296 g/mol. The van der Waals surface area contributed by atoms with Gasteiger partial charge in [0.05, 0.1) is 0 Å². The van der Waals surface area contributed by atoms with E-state index in [1.807, 2.05) is 0 Å². The van der Waals surface area contributed by atoms with Crippen LogP contribution in [0.2, 0.25) is 0 Å². The van der Waals surface area contributed by atoms with E-state index in [-0.39, 0.29) is 5.91 Å². The SMILES string of the molecule is O=C(Nc1ccc(-c2nnco2)cc1)c1cc(C2CC2)on1. The van der Waals surface area contributed by atoms with E-state index >= 15 is 0 Å². The molecular formula is C15H12N4O3. The lowest BCUT2D eigenvalue weighted by molar-refractivity contribution is 0.101. The summed E-state index contributed by atoms with van der Waals surface area (Å²) >= 11 is 0. The van der Waals surface area contributed by atoms with Crippen molar-refractivity contribution in [2.45, 2.75) is 18.8 Å². The molecule has 7 nitrogen and oxygen atoms in total. The standard InChI is InChI=1S/C15H12N4O3/c20-14(12-7-13(22-19-12)9-1-2-9)17-11-5-3-10(4-6-11)15-18-16-8-21-15/h3-9H,1-2H2,(H,17,20). The van der Waals surface area contributed by atoms with Crippen molar-refractivity contribution < 1.29 is 13.7 Å². The molecule has 1 aromatic carbocycles. The molecule has 1 aliphatic rings. The maximum Gasteiger partial charge on any atom is 0.277 e. The van der Waals surface area contributed by atoms with E-state index < -0.39 is 0 Å². The highest BCUT2D eigenvalue weighted by molar-refractivity contribution is 6.02. The summed E-state index contributed by atoms with van der Waals surface area (Å²) in [7, 11) is 0. The second-order valence-corrected chi connectivity index (χ2v) is 5.16. The van der Waals surface area contributed by atoms with E-state index in [0.717, 1.165) is 24.2 Å². The zero-order valence-corrected chi connectivity index (χ0v) is 11.5. The Kier molecular flexibility index (Phi) is 2.96. The number of carbonyl (C=O) groups is 1. The molecule has 1 N–H and O–H groups in total. The highest BCUT2D eigenvalue weighted by Gasteiger charge is 2.28. The van der Waals surface area contributed by atoms with Gasteiger partial charge in [-0.3, -0.25) is 4.79 Å². The average Bonchev–Trinajstić information content (AvgIpc) is 3.05. The fourth-order valence-electron chi connectivity index (χ4n) is 2.15. The number of hydrogen-bond acceptors (Lipinski definition) is 6. The van der Waals surface area contributed by atoms with Crippen molar-refractivity contribution in [2.24, 2.45) is 0 Å². The van der Waals surface area contributed by atoms with Crippen molar-refractivity contribution in [3.8, 4) is 11.5 Å². The topological polar surface area (TPSA) is 94.1 Å². The fraction of sp³-hybridized carbons (Fsp3) is 0.200. The van der Waals surface area contributed by atoms with E-state index in [4.69, 9.17) is 8.94 Å². The molecule has 4 rings (SSSR count). The lowest BCUT2D eigenvalue weighted by atomic mass is 10.2. The molecule has 0 spiro atoms. The third kappa shape index (κ3) is 2.48. The summed E-state index contributed by atoms with van der Waals surface area (Å²) in [6.45, 7) is 0. The van der Waals surface area contributed by atoms with E-state index in [0.29, 0.717) is 23.2 Å². The number of nitrogens with zero attached hydrogens (tertiary/aromatic N) is 3. The highest BCUT2D eigenvalue weighted by Crippen LogP contribution is 2.40. The molecule has 2 heterocycles. The Labute approximate surface area is 125 Å². The van der Waals surface area contributed by atoms with E-state index in [1.165, 1.54) is 6.39 Å². The molecule has 0 atom stereocenters. The monoisotopic (exact) mass is 296 g/mol. The Hall–Kier alpha value is -2.96. The van der Waals surface area contributed by atoms with Gasteiger partial charge in [-0.05, 0) is 37.1 Å². The van der Waals surface area contributed by atoms with Gasteiger partial charge in [-0.2, -0.15) is 0 Å². The maximum absolute atomic E-state index is 12.1. The van der Waals surface area contributed by atoms with Crippen molar-refractivity contribution >= 4 is 11.6 Å². The summed E-state index contributed by atoms with van der Waals surface area (Å²) in [6, 6.07) is 8.82. The number of carbonyl (C=O) groups excluding carboxylic acids is 1. The second-order valence-electron chi connectivity index (χ2n) is 5.16. The summed E-state index contributed by atoms with van der Waals surface area (Å²) in [5.41, 5.74) is 1.74. The molecule has 1 aliphatic carbocycles. The van der Waals surface area contributed by atoms with Gasteiger partial charge >= 0.3 is 0 Å². The lowest BCUT2D eigenvalue weighted by Gasteiger charge is -2.03. The number of aromatic nitrogens is 3. The normalized spacial score (nSPS) is 14.0. The van der Waals surface area contributed by atoms with Gasteiger partial charge in [-0.25, -0.2) is 0 Å². The van der Waals surface area contributed by atoms with Gasteiger partial charge in [0, 0.05) is 23.2 Å². The lowest BCUT2D eigenvalue weighted by Crippen LogP contribution is -2.12. The van der Waals surface area contributed by atoms with Crippen LogP contribution in [0, 0.1) is 0 Å². The Bertz CT molecular complexity index is 789. The first-order valence-electron chi connectivity index (χ1n) is 6.94. The Morgan fingerprint density at radius 3 is 2.73 bits per heavy atom. The van der Waals surface area contributed by atoms with Gasteiger partial charge in [0.15, 0.2) is 5.69 Å². The molecule has 0 bridgehead atoms. The van der Waals surface area contributed by atoms with Crippen LogP contribution in [0.3, 0.4) is 0 Å². The highest BCUT2D eigenvalue weighted by atomic mass is 16.5. The first-order valence-corrected chi connectivity index (χ1v) is 6.94. The number of amides is 1. The van der Waals surface area contributed by atoms with Crippen LogP contribution in [0.4, 0.5) is 5.69 Å². The number of hydrogen-bond donors (Lipinski definition) is 1. The summed E-state index contributed by atoms with van der Waals surface area (Å²) in [5, 5.41) is 14.0. The largest absolute Gasteiger partial charge is 0.423 e. The first-order chi connectivity index (χ1) is 10.8. The minimum atomic E-state index is -0.291. The molecule has 110 valence electrons. The third-order valence-corrected chi connectivity index (χ3v) is 3.49. The van der Waals surface area contributed by atoms with Crippen molar-refractivity contribution in [1.82, 2.24) is 15.4 Å². The Morgan fingerprint density at radius 1 is 1.23 bits per heavy atom. The van der Waals surface area contributed by atoms with Crippen LogP contribution < -0.4 is 5.32 Å². The molecule has 0 unspecified atom stereocenters. The molecule has 3 aromatic rings. The quantitative estimate of drug-likeness (QED) is 0.795. The van der Waals surface area contributed by atoms with E-state index in [1.54, 1.807) is 30.3 Å². The Balaban J connectivity index is 1.46. The predicted molar refractivity (Wildman–Crippen MR) is 76.2 cm³/mol. The van der Waals surface area contributed by atoms with Gasteiger partial charge in [-0.15, -0.1) is 10.2 Å². The van der Waals surface area contributed by atoms with Crippen molar-refractivity contribution in [3.05, 3.63) is 48.2 Å². The van der Waals surface area contributed by atoms with Gasteiger partial charge in [-0.1, -0.05) is 5.16 Å². The molecule has 1 amide bonds. The smallest absolute Gasteiger partial charge is 0.277 e. The summed E-state index contributed by atoms with van der Waals surface area (Å²) in [5.74, 6) is 1.37. The molecule has 0 aliphatic heterocycles. The zero-order valence-electron chi connectivity index (χ0n) is 11.5. The molecule has 1 fully saturated rings. The second kappa shape index (κ2) is 5.10. The van der Waals surface area contributed by atoms with Crippen LogP contribution in [0.15, 0.2) is 45.7 Å². The van der Waals surface area contributed by atoms with Gasteiger partial charge in [0.2, 0.25) is 12.3 Å². The van der Waals surface area contributed by atoms with Crippen LogP contribution in [0.5, 0.6) is 0 Å². The predicted octanol–water partition coefficient (Wildman–Crippen LogP) is 2.85. The number of benzene rings is 1. The van der Waals surface area contributed by atoms with Gasteiger partial charge < -0.3 is 14.3 Å². The van der Waals surface area contributed by atoms with Crippen molar-refractivity contribution in [1.29, 1.82) is 0 Å². The van der Waals surface area contributed by atoms with E-state index in [9.17, 15) is 4.79 Å². The molecule has 0 radical (unpaired) electrons. The van der Waals surface area contributed by atoms with Gasteiger partial charge in [0.1, 0.15) is 5.76 Å². The van der Waals surface area contributed by atoms with E-state index in [2.05, 4.69) is 20.7 Å². The molecule has 7 heteroatoms.